The van der Waals surface area contributed by atoms with Gasteiger partial charge in [-0.2, -0.15) is 0 Å². The number of hydrogen-bond acceptors (Lipinski definition) is 4. The summed E-state index contributed by atoms with van der Waals surface area (Å²) in [7, 11) is 0. The third-order valence-electron chi connectivity index (χ3n) is 5.69. The number of hydrogen-bond donors (Lipinski definition) is 2. The molecule has 1 unspecified atom stereocenters. The maximum Gasteiger partial charge on any atom is 0.332 e. The SMILES string of the molecule is CC(C)C1N=C(c2ccc(F)cc2)C=C(c2ccc(F)cc2)N1C=C(F)CCCC[C@H](O)C(=O)O. The first-order valence-corrected chi connectivity index (χ1v) is 11.5. The smallest absolute Gasteiger partial charge is 0.332 e. The summed E-state index contributed by atoms with van der Waals surface area (Å²) in [4.78, 5) is 17.2. The van der Waals surface area contributed by atoms with Crippen molar-refractivity contribution in [3.8, 4) is 0 Å². The van der Waals surface area contributed by atoms with E-state index in [4.69, 9.17) is 10.1 Å². The summed E-state index contributed by atoms with van der Waals surface area (Å²) in [5.41, 5.74) is 2.60. The second kappa shape index (κ2) is 11.8. The Labute approximate surface area is 202 Å². The number of carboxylic acid groups (broad SMARTS) is 1. The molecule has 3 rings (SSSR count). The van der Waals surface area contributed by atoms with Crippen molar-refractivity contribution in [2.24, 2.45) is 10.9 Å². The van der Waals surface area contributed by atoms with Crippen molar-refractivity contribution in [2.75, 3.05) is 0 Å². The Balaban J connectivity index is 1.92. The molecule has 5 nitrogen and oxygen atoms in total. The monoisotopic (exact) mass is 486 g/mol. The lowest BCUT2D eigenvalue weighted by molar-refractivity contribution is -0.146. The number of unbranched alkanes of at least 4 members (excludes halogenated alkanes) is 1. The van der Waals surface area contributed by atoms with Gasteiger partial charge < -0.3 is 15.1 Å². The number of nitrogens with zero attached hydrogens (tertiary/aromatic N) is 2. The first kappa shape index (κ1) is 26.2. The summed E-state index contributed by atoms with van der Waals surface area (Å²) in [6, 6.07) is 11.8. The van der Waals surface area contributed by atoms with E-state index in [0.717, 1.165) is 0 Å². The molecule has 0 radical (unpaired) electrons. The van der Waals surface area contributed by atoms with Crippen molar-refractivity contribution in [1.29, 1.82) is 0 Å². The number of benzene rings is 2. The predicted molar refractivity (Wildman–Crippen MR) is 129 cm³/mol. The van der Waals surface area contributed by atoms with Gasteiger partial charge in [0.1, 0.15) is 23.6 Å². The number of carboxylic acids is 1. The van der Waals surface area contributed by atoms with E-state index in [1.54, 1.807) is 35.2 Å². The Bertz CT molecular complexity index is 1110. The molecule has 2 N–H and O–H groups in total. The summed E-state index contributed by atoms with van der Waals surface area (Å²) < 4.78 is 42.1. The van der Waals surface area contributed by atoms with Crippen LogP contribution in [-0.4, -0.2) is 39.1 Å². The van der Waals surface area contributed by atoms with Crippen LogP contribution < -0.4 is 0 Å². The third kappa shape index (κ3) is 7.05. The van der Waals surface area contributed by atoms with Crippen LogP contribution in [0, 0.1) is 17.6 Å². The van der Waals surface area contributed by atoms with Crippen molar-refractivity contribution in [3.63, 3.8) is 0 Å². The molecule has 0 spiro atoms. The number of aliphatic hydroxyl groups excluding tert-OH is 1. The van der Waals surface area contributed by atoms with E-state index in [9.17, 15) is 23.1 Å². The molecule has 2 aromatic rings. The molecule has 0 bridgehead atoms. The van der Waals surface area contributed by atoms with Gasteiger partial charge in [-0.25, -0.2) is 18.0 Å². The van der Waals surface area contributed by atoms with E-state index < -0.39 is 29.9 Å². The molecule has 0 aliphatic carbocycles. The molecule has 0 aromatic heterocycles. The molecule has 1 heterocycles. The Morgan fingerprint density at radius 1 is 1.03 bits per heavy atom. The second-order valence-corrected chi connectivity index (χ2v) is 8.80. The zero-order valence-corrected chi connectivity index (χ0v) is 19.7. The third-order valence-corrected chi connectivity index (χ3v) is 5.69. The molecule has 186 valence electrons. The van der Waals surface area contributed by atoms with Gasteiger partial charge >= 0.3 is 5.97 Å². The molecule has 0 amide bonds. The number of aliphatic imine (C=N–C) groups is 1. The molecule has 0 fully saturated rings. The molecular weight excluding hydrogens is 457 g/mol. The Hall–Kier alpha value is -3.39. The van der Waals surface area contributed by atoms with E-state index >= 15 is 0 Å². The van der Waals surface area contributed by atoms with Crippen LogP contribution in [0.2, 0.25) is 0 Å². The zero-order chi connectivity index (χ0) is 25.5. The van der Waals surface area contributed by atoms with Crippen LogP contribution >= 0.6 is 0 Å². The van der Waals surface area contributed by atoms with Crippen LogP contribution in [0.1, 0.15) is 50.7 Å². The van der Waals surface area contributed by atoms with Crippen molar-refractivity contribution >= 4 is 17.4 Å². The molecular formula is C27H29F3N2O3. The minimum Gasteiger partial charge on any atom is -0.479 e. The summed E-state index contributed by atoms with van der Waals surface area (Å²) >= 11 is 0. The number of rotatable bonds is 10. The van der Waals surface area contributed by atoms with Crippen molar-refractivity contribution in [1.82, 2.24) is 4.90 Å². The van der Waals surface area contributed by atoms with Crippen molar-refractivity contribution < 1.29 is 28.2 Å². The molecule has 8 heteroatoms. The summed E-state index contributed by atoms with van der Waals surface area (Å²) in [5, 5.41) is 18.1. The van der Waals surface area contributed by atoms with Gasteiger partial charge in [0.2, 0.25) is 0 Å². The lowest BCUT2D eigenvalue weighted by Gasteiger charge is -2.36. The molecule has 35 heavy (non-hydrogen) atoms. The summed E-state index contributed by atoms with van der Waals surface area (Å²) in [6.07, 6.45) is 2.06. The fourth-order valence-electron chi connectivity index (χ4n) is 3.81. The highest BCUT2D eigenvalue weighted by Gasteiger charge is 2.28. The fourth-order valence-corrected chi connectivity index (χ4v) is 3.81. The highest BCUT2D eigenvalue weighted by Crippen LogP contribution is 2.32. The number of allylic oxidation sites excluding steroid dienone is 2. The van der Waals surface area contributed by atoms with Crippen LogP contribution in [0.5, 0.6) is 0 Å². The Morgan fingerprint density at radius 3 is 2.14 bits per heavy atom. The molecule has 2 aromatic carbocycles. The standard InChI is InChI=1S/C27H29F3N2O3/c1-17(2)26-31-23(18-7-11-20(28)12-8-18)15-24(19-9-13-21(29)14-10-19)32(26)16-22(30)5-3-4-6-25(33)27(34)35/h7-17,25-26,33H,3-6H2,1-2H3,(H,34,35)/t25-,26?/m0/s1. The van der Waals surface area contributed by atoms with Crippen LogP contribution in [0.4, 0.5) is 13.2 Å². The van der Waals surface area contributed by atoms with Crippen molar-refractivity contribution in [3.05, 3.63) is 89.4 Å². The van der Waals surface area contributed by atoms with Crippen molar-refractivity contribution in [2.45, 2.75) is 51.8 Å². The average Bonchev–Trinajstić information content (AvgIpc) is 2.82. The summed E-state index contributed by atoms with van der Waals surface area (Å²) in [5.74, 6) is -2.50. The molecule has 1 aliphatic rings. The second-order valence-electron chi connectivity index (χ2n) is 8.80. The first-order valence-electron chi connectivity index (χ1n) is 11.5. The van der Waals surface area contributed by atoms with Gasteiger partial charge in [0.15, 0.2) is 6.10 Å². The number of halogens is 3. The van der Waals surface area contributed by atoms with Gasteiger partial charge in [0.05, 0.1) is 11.4 Å². The fraction of sp³-hybridized carbons (Fsp3) is 0.333. The lowest BCUT2D eigenvalue weighted by Crippen LogP contribution is -2.36. The Morgan fingerprint density at radius 2 is 1.60 bits per heavy atom. The maximum absolute atomic E-state index is 15.0. The van der Waals surface area contributed by atoms with Crippen LogP contribution in [0.25, 0.3) is 5.70 Å². The minimum atomic E-state index is -1.46. The van der Waals surface area contributed by atoms with E-state index in [1.807, 2.05) is 13.8 Å². The van der Waals surface area contributed by atoms with E-state index in [2.05, 4.69) is 0 Å². The molecule has 0 saturated heterocycles. The maximum atomic E-state index is 15.0. The Kier molecular flexibility index (Phi) is 8.87. The van der Waals surface area contributed by atoms with Gasteiger partial charge in [-0.15, -0.1) is 0 Å². The van der Waals surface area contributed by atoms with Gasteiger partial charge in [-0.3, -0.25) is 4.99 Å². The van der Waals surface area contributed by atoms with Gasteiger partial charge in [-0.05, 0) is 85.4 Å². The largest absolute Gasteiger partial charge is 0.479 e. The number of carbonyl (C=O) groups is 1. The van der Waals surface area contributed by atoms with Crippen LogP contribution in [0.3, 0.4) is 0 Å². The van der Waals surface area contributed by atoms with Crippen LogP contribution in [0.15, 0.2) is 71.6 Å². The van der Waals surface area contributed by atoms with E-state index in [0.29, 0.717) is 35.4 Å². The quantitative estimate of drug-likeness (QED) is 0.410. The minimum absolute atomic E-state index is 0.0237. The van der Waals surface area contributed by atoms with Gasteiger partial charge in [0, 0.05) is 18.2 Å². The molecule has 2 atom stereocenters. The van der Waals surface area contributed by atoms with Crippen LogP contribution in [-0.2, 0) is 4.79 Å². The van der Waals surface area contributed by atoms with Gasteiger partial charge in [0.25, 0.3) is 0 Å². The van der Waals surface area contributed by atoms with Gasteiger partial charge in [-0.1, -0.05) is 13.8 Å². The highest BCUT2D eigenvalue weighted by atomic mass is 19.1. The lowest BCUT2D eigenvalue weighted by atomic mass is 9.99. The molecule has 0 saturated carbocycles. The number of aliphatic carboxylic acids is 1. The first-order chi connectivity index (χ1) is 16.7. The van der Waals surface area contributed by atoms with E-state index in [-0.39, 0.29) is 24.6 Å². The topological polar surface area (TPSA) is 73.1 Å². The zero-order valence-electron chi connectivity index (χ0n) is 19.7. The van der Waals surface area contributed by atoms with E-state index in [1.165, 1.54) is 30.5 Å². The average molecular weight is 487 g/mol. The highest BCUT2D eigenvalue weighted by molar-refractivity contribution is 6.13. The summed E-state index contributed by atoms with van der Waals surface area (Å²) in [6.45, 7) is 3.91. The number of aliphatic hydroxyl groups is 1. The molecule has 1 aliphatic heterocycles. The normalized spacial score (nSPS) is 17.3. The predicted octanol–water partition coefficient (Wildman–Crippen LogP) is 5.91.